The Kier molecular flexibility index (Phi) is 9.14. The third-order valence-corrected chi connectivity index (χ3v) is 14.8. The summed E-state index contributed by atoms with van der Waals surface area (Å²) >= 11 is 1.85. The van der Waals surface area contributed by atoms with E-state index in [1.807, 2.05) is 11.3 Å². The molecule has 1 atom stereocenters. The highest BCUT2D eigenvalue weighted by Crippen LogP contribution is 2.44. The van der Waals surface area contributed by atoms with E-state index in [2.05, 4.69) is 224 Å². The number of aliphatic imine (C=N–C) groups is 1. The van der Waals surface area contributed by atoms with Crippen molar-refractivity contribution < 1.29 is 8.99 Å². The van der Waals surface area contributed by atoms with E-state index in [1.54, 1.807) is 0 Å². The van der Waals surface area contributed by atoms with E-state index in [1.165, 1.54) is 86.4 Å². The van der Waals surface area contributed by atoms with Crippen molar-refractivity contribution in [3.63, 3.8) is 0 Å². The minimum absolute atomic E-state index is 0.198. The van der Waals surface area contributed by atoms with Crippen molar-refractivity contribution >= 4 is 86.4 Å². The Morgan fingerprint density at radius 2 is 1.14 bits per heavy atom. The lowest BCUT2D eigenvalue weighted by Crippen LogP contribution is -2.30. The summed E-state index contributed by atoms with van der Waals surface area (Å²) in [6.45, 7) is 3.00. The summed E-state index contributed by atoms with van der Waals surface area (Å²) in [5.41, 5.74) is 14.8. The Labute approximate surface area is 386 Å². The molecule has 66 heavy (non-hydrogen) atoms. The zero-order chi connectivity index (χ0) is 43.7. The molecule has 1 aliphatic heterocycles. The van der Waals surface area contributed by atoms with Crippen molar-refractivity contribution in [2.45, 2.75) is 26.1 Å². The van der Waals surface area contributed by atoms with Gasteiger partial charge in [-0.05, 0) is 116 Å². The number of rotatable bonds is 7. The average molecular weight is 864 g/mol. The van der Waals surface area contributed by atoms with Gasteiger partial charge in [0.1, 0.15) is 11.2 Å². The maximum absolute atomic E-state index is 6.81. The van der Waals surface area contributed by atoms with Crippen LogP contribution in [0.2, 0.25) is 0 Å². The van der Waals surface area contributed by atoms with Crippen molar-refractivity contribution in [2.75, 3.05) is 0 Å². The number of furan rings is 1. The quantitative estimate of drug-likeness (QED) is 0.147. The lowest BCUT2D eigenvalue weighted by Gasteiger charge is -2.22. The van der Waals surface area contributed by atoms with Crippen molar-refractivity contribution in [1.82, 2.24) is 0 Å². The summed E-state index contributed by atoms with van der Waals surface area (Å²) < 4.78 is 11.9. The smallest absolute Gasteiger partial charge is 0.272 e. The molecule has 0 radical (unpaired) electrons. The monoisotopic (exact) mass is 863 g/mol. The van der Waals surface area contributed by atoms with Gasteiger partial charge in [-0.3, -0.25) is 0 Å². The van der Waals surface area contributed by atoms with E-state index in [-0.39, 0.29) is 6.17 Å². The summed E-state index contributed by atoms with van der Waals surface area (Å²) in [5, 5.41) is 9.82. The number of benzene rings is 10. The van der Waals surface area contributed by atoms with Gasteiger partial charge in [-0.2, -0.15) is 0 Å². The molecule has 4 heteroatoms. The summed E-state index contributed by atoms with van der Waals surface area (Å²) in [7, 11) is 0. The summed E-state index contributed by atoms with van der Waals surface area (Å²) in [6.07, 6.45) is 0.579. The minimum atomic E-state index is -0.198. The first-order valence-electron chi connectivity index (χ1n) is 22.8. The van der Waals surface area contributed by atoms with Crippen molar-refractivity contribution in [3.05, 3.63) is 229 Å². The third-order valence-electron chi connectivity index (χ3n) is 13.7. The second-order valence-electron chi connectivity index (χ2n) is 17.7. The second kappa shape index (κ2) is 15.7. The number of thiophene rings is 1. The van der Waals surface area contributed by atoms with Crippen LogP contribution in [0.4, 0.5) is 0 Å². The maximum Gasteiger partial charge on any atom is 0.272 e. The van der Waals surface area contributed by atoms with Crippen LogP contribution >= 0.6 is 11.3 Å². The number of hydrogen-bond donors (Lipinski definition) is 0. The molecule has 10 aromatic carbocycles. The SMILES string of the molecule is CC1=[N+](Cc2cccc(-c3ccc(-c4ccc5sc6ccccc6c5c4)c4oc5ccccc5c34)c2)C(c2ccc(-c3ccc4ccccc4c3)cc2)N=C(c2ccc3ccccc3c2)C1. The molecule has 0 saturated heterocycles. The van der Waals surface area contributed by atoms with Crippen molar-refractivity contribution in [1.29, 1.82) is 0 Å². The van der Waals surface area contributed by atoms with Crippen molar-refractivity contribution in [3.8, 4) is 33.4 Å². The Balaban J connectivity index is 0.889. The van der Waals surface area contributed by atoms with Gasteiger partial charge in [0, 0.05) is 54.6 Å². The maximum atomic E-state index is 6.81. The van der Waals surface area contributed by atoms with Gasteiger partial charge in [-0.1, -0.05) is 152 Å². The van der Waals surface area contributed by atoms with E-state index >= 15 is 0 Å². The van der Waals surface area contributed by atoms with E-state index in [4.69, 9.17) is 9.41 Å². The molecule has 1 aliphatic rings. The fourth-order valence-electron chi connectivity index (χ4n) is 10.3. The van der Waals surface area contributed by atoms with Crippen LogP contribution in [0.15, 0.2) is 222 Å². The van der Waals surface area contributed by atoms with E-state index < -0.39 is 0 Å². The molecule has 0 saturated carbocycles. The van der Waals surface area contributed by atoms with Gasteiger partial charge < -0.3 is 4.42 Å². The van der Waals surface area contributed by atoms with Crippen LogP contribution in [0.1, 0.15) is 36.2 Å². The largest absolute Gasteiger partial charge is 0.455 e. The number of para-hydroxylation sites is 1. The zero-order valence-corrected chi connectivity index (χ0v) is 37.2. The Bertz CT molecular complexity index is 3960. The lowest BCUT2D eigenvalue weighted by molar-refractivity contribution is -0.588. The second-order valence-corrected chi connectivity index (χ2v) is 18.8. The molecule has 0 bridgehead atoms. The molecule has 0 fully saturated rings. The summed E-state index contributed by atoms with van der Waals surface area (Å²) in [6, 6.07) is 77.4. The first-order chi connectivity index (χ1) is 32.6. The van der Waals surface area contributed by atoms with Gasteiger partial charge in [0.2, 0.25) is 0 Å². The molecule has 13 rings (SSSR count). The topological polar surface area (TPSA) is 28.5 Å². The predicted octanol–water partition coefficient (Wildman–Crippen LogP) is 16.8. The van der Waals surface area contributed by atoms with Crippen LogP contribution in [-0.2, 0) is 6.54 Å². The molecule has 312 valence electrons. The van der Waals surface area contributed by atoms with Crippen LogP contribution in [0, 0.1) is 0 Å². The average Bonchev–Trinajstić information content (AvgIpc) is 3.95. The summed E-state index contributed by atoms with van der Waals surface area (Å²) in [4.78, 5) is 5.63. The van der Waals surface area contributed by atoms with E-state index in [9.17, 15) is 0 Å². The fourth-order valence-corrected chi connectivity index (χ4v) is 11.4. The molecule has 0 amide bonds. The van der Waals surface area contributed by atoms with Gasteiger partial charge in [0.15, 0.2) is 12.3 Å². The molecule has 3 nitrogen and oxygen atoms in total. The number of fused-ring (bicyclic) bond motifs is 8. The molecule has 0 N–H and O–H groups in total. The summed E-state index contributed by atoms with van der Waals surface area (Å²) in [5.74, 6) is 0. The zero-order valence-electron chi connectivity index (χ0n) is 36.4. The fraction of sp³-hybridized carbons (Fsp3) is 0.0645. The highest BCUT2D eigenvalue weighted by molar-refractivity contribution is 7.25. The highest BCUT2D eigenvalue weighted by Gasteiger charge is 2.32. The van der Waals surface area contributed by atoms with Gasteiger partial charge in [-0.15, -0.1) is 11.3 Å². The predicted molar refractivity (Wildman–Crippen MR) is 279 cm³/mol. The lowest BCUT2D eigenvalue weighted by atomic mass is 9.93. The van der Waals surface area contributed by atoms with Gasteiger partial charge in [-0.25, -0.2) is 9.57 Å². The van der Waals surface area contributed by atoms with Crippen molar-refractivity contribution in [2.24, 2.45) is 4.99 Å². The first kappa shape index (κ1) is 38.5. The van der Waals surface area contributed by atoms with Crippen LogP contribution in [-0.4, -0.2) is 16.0 Å². The first-order valence-corrected chi connectivity index (χ1v) is 23.6. The Morgan fingerprint density at radius 3 is 1.95 bits per heavy atom. The molecule has 3 heterocycles. The van der Waals surface area contributed by atoms with Crippen LogP contribution in [0.3, 0.4) is 0 Å². The minimum Gasteiger partial charge on any atom is -0.455 e. The number of hydrogen-bond acceptors (Lipinski definition) is 3. The Morgan fingerprint density at radius 1 is 0.500 bits per heavy atom. The standard InChI is InChI=1S/C62H43N2OS/c1-39-33-56(50-28-24-42-13-3-5-15-46(42)36-50)63-62(44-25-21-43(22-26-44)47-27-23-41-12-2-4-14-45(41)35-47)64(39)38-40-11-10-16-48(34-40)51-30-31-52(61-60(51)54-18-6-8-19-57(54)65-61)49-29-32-59-55(37-49)53-17-7-9-20-58(53)66-59/h2-32,34-37,62H,33,38H2,1H3/q+1. The molecular weight excluding hydrogens is 821 g/mol. The van der Waals surface area contributed by atoms with Crippen LogP contribution in [0.25, 0.3) is 97.0 Å². The Hall–Kier alpha value is -7.92. The van der Waals surface area contributed by atoms with Gasteiger partial charge >= 0.3 is 0 Å². The molecule has 2 aromatic heterocycles. The molecular formula is C62H43N2OS+. The molecule has 0 spiro atoms. The normalized spacial score (nSPS) is 14.3. The molecule has 12 aromatic rings. The van der Waals surface area contributed by atoms with Gasteiger partial charge in [0.05, 0.1) is 12.1 Å². The van der Waals surface area contributed by atoms with Gasteiger partial charge in [0.25, 0.3) is 6.17 Å². The van der Waals surface area contributed by atoms with E-state index in [0.717, 1.165) is 45.2 Å². The van der Waals surface area contributed by atoms with Crippen LogP contribution in [0.5, 0.6) is 0 Å². The van der Waals surface area contributed by atoms with Crippen LogP contribution < -0.4 is 0 Å². The number of nitrogens with zero attached hydrogens (tertiary/aromatic N) is 2. The molecule has 0 aliphatic carbocycles. The van der Waals surface area contributed by atoms with E-state index in [0.29, 0.717) is 6.54 Å². The molecule has 1 unspecified atom stereocenters. The highest BCUT2D eigenvalue weighted by atomic mass is 32.1. The third kappa shape index (κ3) is 6.64.